The van der Waals surface area contributed by atoms with Crippen LogP contribution >= 0.6 is 11.3 Å². The van der Waals surface area contributed by atoms with E-state index in [9.17, 15) is 14.0 Å². The van der Waals surface area contributed by atoms with Gasteiger partial charge in [-0.2, -0.15) is 0 Å². The molecule has 0 atom stereocenters. The molecule has 0 amide bonds. The van der Waals surface area contributed by atoms with Crippen LogP contribution in [0.25, 0.3) is 20.2 Å². The van der Waals surface area contributed by atoms with Crippen LogP contribution in [0.4, 0.5) is 4.39 Å². The number of carbonyl (C=O) groups excluding carboxylic acids is 2. The van der Waals surface area contributed by atoms with E-state index in [1.54, 1.807) is 18.2 Å². The molecule has 0 saturated carbocycles. The van der Waals surface area contributed by atoms with Crippen LogP contribution in [0.2, 0.25) is 0 Å². The van der Waals surface area contributed by atoms with Gasteiger partial charge in [-0.15, -0.1) is 11.3 Å². The Hall–Kier alpha value is -3.19. The highest BCUT2D eigenvalue weighted by Crippen LogP contribution is 2.46. The van der Waals surface area contributed by atoms with Gasteiger partial charge < -0.3 is 14.2 Å². The standard InChI is InChI=1S/C21H17FO5S/c1-10(2)20(23)26-14-8-6-12-13-7-9-15(27-21(24)11(3)4)17(25-5)19(13)28-18(12)16(14)22/h6-9H,1,3H2,2,4-5H3. The predicted molar refractivity (Wildman–Crippen MR) is 107 cm³/mol. The van der Waals surface area contributed by atoms with Crippen molar-refractivity contribution in [2.45, 2.75) is 13.8 Å². The molecule has 0 aliphatic rings. The van der Waals surface area contributed by atoms with Crippen molar-refractivity contribution in [2.24, 2.45) is 0 Å². The molecular weight excluding hydrogens is 383 g/mol. The van der Waals surface area contributed by atoms with Gasteiger partial charge in [-0.25, -0.2) is 14.0 Å². The van der Waals surface area contributed by atoms with E-state index >= 15 is 0 Å². The molecular formula is C21H17FO5S. The number of thiophene rings is 1. The Kier molecular flexibility index (Phi) is 5.20. The molecule has 2 aromatic carbocycles. The van der Waals surface area contributed by atoms with Crippen molar-refractivity contribution in [3.8, 4) is 17.2 Å². The summed E-state index contributed by atoms with van der Waals surface area (Å²) in [6, 6.07) is 6.36. The van der Waals surface area contributed by atoms with E-state index < -0.39 is 17.8 Å². The molecule has 0 saturated heterocycles. The molecule has 0 fully saturated rings. The fraction of sp³-hybridized carbons (Fsp3) is 0.143. The van der Waals surface area contributed by atoms with Crippen molar-refractivity contribution in [2.75, 3.05) is 7.11 Å². The zero-order valence-electron chi connectivity index (χ0n) is 15.6. The number of rotatable bonds is 5. The molecule has 5 nitrogen and oxygen atoms in total. The summed E-state index contributed by atoms with van der Waals surface area (Å²) in [6.07, 6.45) is 0. The molecule has 28 heavy (non-hydrogen) atoms. The summed E-state index contributed by atoms with van der Waals surface area (Å²) in [6.45, 7) is 10.1. The third kappa shape index (κ3) is 3.36. The number of fused-ring (bicyclic) bond motifs is 3. The van der Waals surface area contributed by atoms with Gasteiger partial charge in [-0.3, -0.25) is 0 Å². The van der Waals surface area contributed by atoms with E-state index in [1.807, 2.05) is 0 Å². The lowest BCUT2D eigenvalue weighted by Gasteiger charge is -2.09. The summed E-state index contributed by atoms with van der Waals surface area (Å²) < 4.78 is 31.6. The topological polar surface area (TPSA) is 61.8 Å². The number of carbonyl (C=O) groups is 2. The molecule has 1 aromatic heterocycles. The Morgan fingerprint density at radius 2 is 1.39 bits per heavy atom. The third-order valence-electron chi connectivity index (χ3n) is 3.94. The predicted octanol–water partition coefficient (Wildman–Crippen LogP) is 5.17. The monoisotopic (exact) mass is 400 g/mol. The third-order valence-corrected chi connectivity index (χ3v) is 5.15. The fourth-order valence-electron chi connectivity index (χ4n) is 2.54. The molecule has 7 heteroatoms. The van der Waals surface area contributed by atoms with E-state index in [0.29, 0.717) is 20.5 Å². The molecule has 144 valence electrons. The smallest absolute Gasteiger partial charge is 0.338 e. The maximum Gasteiger partial charge on any atom is 0.338 e. The first-order valence-electron chi connectivity index (χ1n) is 8.21. The number of hydrogen-bond acceptors (Lipinski definition) is 6. The van der Waals surface area contributed by atoms with Gasteiger partial charge in [0.05, 0.1) is 16.5 Å². The first kappa shape index (κ1) is 19.6. The molecule has 0 spiro atoms. The van der Waals surface area contributed by atoms with Gasteiger partial charge in [-0.05, 0) is 38.1 Å². The van der Waals surface area contributed by atoms with Crippen LogP contribution in [-0.4, -0.2) is 19.0 Å². The normalized spacial score (nSPS) is 10.7. The van der Waals surface area contributed by atoms with E-state index in [-0.39, 0.29) is 22.6 Å². The molecule has 0 radical (unpaired) electrons. The number of methoxy groups -OCH3 is 1. The van der Waals surface area contributed by atoms with Crippen LogP contribution in [0.5, 0.6) is 17.2 Å². The average Bonchev–Trinajstić information content (AvgIpc) is 3.03. The lowest BCUT2D eigenvalue weighted by molar-refractivity contribution is -0.131. The number of benzene rings is 2. The van der Waals surface area contributed by atoms with Gasteiger partial charge in [0.1, 0.15) is 0 Å². The Labute approximate surface area is 164 Å². The Bertz CT molecular complexity index is 1160. The number of hydrogen-bond donors (Lipinski definition) is 0. The quantitative estimate of drug-likeness (QED) is 0.336. The van der Waals surface area contributed by atoms with Crippen molar-refractivity contribution < 1.29 is 28.2 Å². The van der Waals surface area contributed by atoms with Crippen molar-refractivity contribution in [3.63, 3.8) is 0 Å². The second kappa shape index (κ2) is 7.44. The zero-order chi connectivity index (χ0) is 20.6. The molecule has 0 bridgehead atoms. The maximum absolute atomic E-state index is 14.9. The number of halogens is 1. The Balaban J connectivity index is 2.16. The minimum absolute atomic E-state index is 0.168. The average molecular weight is 400 g/mol. The van der Waals surface area contributed by atoms with Crippen LogP contribution in [0.15, 0.2) is 48.6 Å². The van der Waals surface area contributed by atoms with Crippen molar-refractivity contribution in [1.29, 1.82) is 0 Å². The maximum atomic E-state index is 14.9. The van der Waals surface area contributed by atoms with Crippen molar-refractivity contribution in [1.82, 2.24) is 0 Å². The first-order chi connectivity index (χ1) is 13.2. The summed E-state index contributed by atoms with van der Waals surface area (Å²) in [5, 5.41) is 1.35. The summed E-state index contributed by atoms with van der Waals surface area (Å²) in [4.78, 5) is 23.6. The summed E-state index contributed by atoms with van der Waals surface area (Å²) in [7, 11) is 1.44. The second-order valence-electron chi connectivity index (χ2n) is 6.17. The van der Waals surface area contributed by atoms with Crippen LogP contribution in [0, 0.1) is 5.82 Å². The van der Waals surface area contributed by atoms with Crippen LogP contribution in [0.1, 0.15) is 13.8 Å². The van der Waals surface area contributed by atoms with Gasteiger partial charge in [0.25, 0.3) is 0 Å². The molecule has 1 heterocycles. The lowest BCUT2D eigenvalue weighted by Crippen LogP contribution is -2.09. The molecule has 0 aliphatic heterocycles. The largest absolute Gasteiger partial charge is 0.491 e. The van der Waals surface area contributed by atoms with E-state index in [1.165, 1.54) is 27.0 Å². The van der Waals surface area contributed by atoms with Crippen LogP contribution in [0.3, 0.4) is 0 Å². The Morgan fingerprint density at radius 3 is 1.93 bits per heavy atom. The summed E-state index contributed by atoms with van der Waals surface area (Å²) >= 11 is 1.11. The molecule has 3 rings (SSSR count). The summed E-state index contributed by atoms with van der Waals surface area (Å²) in [5.41, 5.74) is 0.412. The second-order valence-corrected chi connectivity index (χ2v) is 7.19. The molecule has 0 N–H and O–H groups in total. The van der Waals surface area contributed by atoms with Gasteiger partial charge in [0.15, 0.2) is 23.1 Å². The summed E-state index contributed by atoms with van der Waals surface area (Å²) in [5.74, 6) is -1.60. The van der Waals surface area contributed by atoms with Gasteiger partial charge >= 0.3 is 11.9 Å². The lowest BCUT2D eigenvalue weighted by atomic mass is 10.1. The highest BCUT2D eigenvalue weighted by molar-refractivity contribution is 7.26. The minimum atomic E-state index is -0.703. The van der Waals surface area contributed by atoms with Crippen LogP contribution < -0.4 is 14.2 Å². The highest BCUT2D eigenvalue weighted by atomic mass is 32.1. The molecule has 3 aromatic rings. The first-order valence-corrected chi connectivity index (χ1v) is 9.03. The van der Waals surface area contributed by atoms with Gasteiger partial charge in [0.2, 0.25) is 0 Å². The zero-order valence-corrected chi connectivity index (χ0v) is 16.4. The van der Waals surface area contributed by atoms with E-state index in [4.69, 9.17) is 14.2 Å². The Morgan fingerprint density at radius 1 is 0.893 bits per heavy atom. The van der Waals surface area contributed by atoms with Crippen molar-refractivity contribution >= 4 is 43.4 Å². The van der Waals surface area contributed by atoms with Gasteiger partial charge in [-0.1, -0.05) is 13.2 Å². The van der Waals surface area contributed by atoms with Crippen LogP contribution in [-0.2, 0) is 9.59 Å². The highest BCUT2D eigenvalue weighted by Gasteiger charge is 2.21. The fourth-order valence-corrected chi connectivity index (χ4v) is 3.78. The SMILES string of the molecule is C=C(C)C(=O)Oc1ccc2c(sc3c(OC)c(OC(=O)C(=C)C)ccc32)c1F. The van der Waals surface area contributed by atoms with E-state index in [2.05, 4.69) is 13.2 Å². The molecule has 0 unspecified atom stereocenters. The molecule has 0 aliphatic carbocycles. The number of ether oxygens (including phenoxy) is 3. The number of esters is 2. The minimum Gasteiger partial charge on any atom is -0.491 e. The van der Waals surface area contributed by atoms with Crippen molar-refractivity contribution in [3.05, 3.63) is 54.4 Å². The van der Waals surface area contributed by atoms with Gasteiger partial charge in [0, 0.05) is 21.9 Å². The van der Waals surface area contributed by atoms with E-state index in [0.717, 1.165) is 16.7 Å².